The Kier molecular flexibility index (Phi) is 5.75. The van der Waals surface area contributed by atoms with Crippen LogP contribution in [-0.4, -0.2) is 54.2 Å². The van der Waals surface area contributed by atoms with Crippen molar-refractivity contribution in [3.63, 3.8) is 0 Å². The highest BCUT2D eigenvalue weighted by molar-refractivity contribution is 6.07. The van der Waals surface area contributed by atoms with Gasteiger partial charge in [0.2, 0.25) is 0 Å². The molecule has 1 amide bonds. The summed E-state index contributed by atoms with van der Waals surface area (Å²) in [5.41, 5.74) is 2.74. The predicted octanol–water partition coefficient (Wildman–Crippen LogP) is 3.86. The first-order valence-corrected chi connectivity index (χ1v) is 10.2. The molecule has 3 aromatic rings. The minimum Gasteiger partial charge on any atom is -0.493 e. The van der Waals surface area contributed by atoms with Gasteiger partial charge in [-0.1, -0.05) is 18.2 Å². The first kappa shape index (κ1) is 20.7. The summed E-state index contributed by atoms with van der Waals surface area (Å²) in [7, 11) is 3.15. The highest BCUT2D eigenvalue weighted by Crippen LogP contribution is 2.33. The lowest BCUT2D eigenvalue weighted by Gasteiger charge is -2.30. The molecule has 160 valence electrons. The molecule has 4 rings (SSSR count). The van der Waals surface area contributed by atoms with E-state index in [1.165, 1.54) is 0 Å². The first-order chi connectivity index (χ1) is 15.0. The molecule has 0 atom stereocenters. The van der Waals surface area contributed by atoms with E-state index in [0.717, 1.165) is 16.5 Å². The van der Waals surface area contributed by atoms with Crippen LogP contribution in [0.25, 0.3) is 22.2 Å². The summed E-state index contributed by atoms with van der Waals surface area (Å²) in [6.07, 6.45) is 0.930. The van der Waals surface area contributed by atoms with E-state index >= 15 is 0 Å². The normalized spacial score (nSPS) is 14.5. The highest BCUT2D eigenvalue weighted by Gasteiger charge is 2.28. The topological polar surface area (TPSA) is 89.0 Å². The van der Waals surface area contributed by atoms with Crippen LogP contribution in [0.5, 0.6) is 11.5 Å². The molecule has 1 aromatic heterocycles. The number of piperidine rings is 1. The van der Waals surface area contributed by atoms with Gasteiger partial charge >= 0.3 is 5.97 Å². The maximum atomic E-state index is 13.4. The third kappa shape index (κ3) is 4.03. The van der Waals surface area contributed by atoms with Crippen molar-refractivity contribution in [2.75, 3.05) is 27.3 Å². The number of amides is 1. The number of hydrogen-bond acceptors (Lipinski definition) is 5. The number of hydrogen-bond donors (Lipinski definition) is 1. The number of pyridine rings is 1. The van der Waals surface area contributed by atoms with Gasteiger partial charge in [-0.25, -0.2) is 4.98 Å². The summed E-state index contributed by atoms with van der Waals surface area (Å²) in [5, 5.41) is 10.0. The van der Waals surface area contributed by atoms with E-state index < -0.39 is 5.97 Å². The Morgan fingerprint density at radius 3 is 2.39 bits per heavy atom. The van der Waals surface area contributed by atoms with Crippen LogP contribution in [0.1, 0.15) is 23.2 Å². The number of aromatic nitrogens is 1. The zero-order chi connectivity index (χ0) is 22.0. The van der Waals surface area contributed by atoms with Gasteiger partial charge in [0.1, 0.15) is 0 Å². The highest BCUT2D eigenvalue weighted by atomic mass is 16.5. The van der Waals surface area contributed by atoms with E-state index in [-0.39, 0.29) is 11.8 Å². The second-order valence-corrected chi connectivity index (χ2v) is 7.55. The molecule has 1 N–H and O–H groups in total. The lowest BCUT2D eigenvalue weighted by molar-refractivity contribution is -0.143. The molecule has 0 bridgehead atoms. The van der Waals surface area contributed by atoms with Gasteiger partial charge in [0.25, 0.3) is 5.91 Å². The average molecular weight is 420 g/mol. The van der Waals surface area contributed by atoms with Crippen molar-refractivity contribution in [3.8, 4) is 22.8 Å². The molecule has 1 aliphatic rings. The molecule has 1 aliphatic heterocycles. The predicted molar refractivity (Wildman–Crippen MR) is 117 cm³/mol. The van der Waals surface area contributed by atoms with Crippen LogP contribution in [0.4, 0.5) is 0 Å². The number of likely N-dealkylation sites (tertiary alicyclic amines) is 1. The molecular weight excluding hydrogens is 396 g/mol. The smallest absolute Gasteiger partial charge is 0.306 e. The number of carboxylic acids is 1. The molecular formula is C24H24N2O5. The molecule has 0 spiro atoms. The van der Waals surface area contributed by atoms with Crippen LogP contribution in [0.2, 0.25) is 0 Å². The number of ether oxygens (including phenoxy) is 2. The van der Waals surface area contributed by atoms with Gasteiger partial charge in [0, 0.05) is 24.0 Å². The average Bonchev–Trinajstić information content (AvgIpc) is 2.82. The van der Waals surface area contributed by atoms with Crippen LogP contribution in [0.3, 0.4) is 0 Å². The van der Waals surface area contributed by atoms with Gasteiger partial charge in [-0.15, -0.1) is 0 Å². The second kappa shape index (κ2) is 8.63. The Morgan fingerprint density at radius 1 is 1.00 bits per heavy atom. The summed E-state index contributed by atoms with van der Waals surface area (Å²) in [5.74, 6) is -0.0925. The summed E-state index contributed by atoms with van der Waals surface area (Å²) in [6.45, 7) is 0.857. The molecule has 0 unspecified atom stereocenters. The van der Waals surface area contributed by atoms with Crippen molar-refractivity contribution in [2.24, 2.45) is 5.92 Å². The zero-order valence-electron chi connectivity index (χ0n) is 17.5. The number of carbonyl (C=O) groups is 2. The molecule has 31 heavy (non-hydrogen) atoms. The summed E-state index contributed by atoms with van der Waals surface area (Å²) in [6, 6.07) is 14.9. The minimum atomic E-state index is -0.794. The number of carbonyl (C=O) groups excluding carboxylic acids is 1. The van der Waals surface area contributed by atoms with Crippen molar-refractivity contribution in [1.82, 2.24) is 9.88 Å². The van der Waals surface area contributed by atoms with E-state index in [4.69, 9.17) is 14.5 Å². The molecule has 2 heterocycles. The lowest BCUT2D eigenvalue weighted by atomic mass is 9.96. The van der Waals surface area contributed by atoms with Gasteiger partial charge in [-0.3, -0.25) is 9.59 Å². The molecule has 2 aromatic carbocycles. The number of carboxylic acid groups (broad SMARTS) is 1. The fraction of sp³-hybridized carbons (Fsp3) is 0.292. The maximum absolute atomic E-state index is 13.4. The van der Waals surface area contributed by atoms with Crippen molar-refractivity contribution in [2.45, 2.75) is 12.8 Å². The minimum absolute atomic E-state index is 0.107. The van der Waals surface area contributed by atoms with Crippen molar-refractivity contribution in [1.29, 1.82) is 0 Å². The summed E-state index contributed by atoms with van der Waals surface area (Å²) >= 11 is 0. The second-order valence-electron chi connectivity index (χ2n) is 7.55. The number of para-hydroxylation sites is 1. The van der Waals surface area contributed by atoms with Gasteiger partial charge in [-0.05, 0) is 43.2 Å². The standard InChI is InChI=1S/C24H24N2O5/c1-30-21-8-7-16(13-22(21)31-2)20-14-18(17-5-3-4-6-19(17)25-20)23(27)26-11-9-15(10-12-26)24(28)29/h3-8,13-15H,9-12H2,1-2H3,(H,28,29). The SMILES string of the molecule is COc1ccc(-c2cc(C(=O)N3CCC(C(=O)O)CC3)c3ccccc3n2)cc1OC. The monoisotopic (exact) mass is 420 g/mol. The number of methoxy groups -OCH3 is 2. The molecule has 7 heteroatoms. The maximum Gasteiger partial charge on any atom is 0.306 e. The van der Waals surface area contributed by atoms with E-state index in [1.807, 2.05) is 42.5 Å². The van der Waals surface area contributed by atoms with Gasteiger partial charge in [-0.2, -0.15) is 0 Å². The number of benzene rings is 2. The van der Waals surface area contributed by atoms with Crippen LogP contribution in [0, 0.1) is 5.92 Å². The molecule has 7 nitrogen and oxygen atoms in total. The fourth-order valence-electron chi connectivity index (χ4n) is 4.00. The Hall–Kier alpha value is -3.61. The zero-order valence-corrected chi connectivity index (χ0v) is 17.5. The number of aliphatic carboxylic acids is 1. The molecule has 0 radical (unpaired) electrons. The third-order valence-corrected chi connectivity index (χ3v) is 5.76. The largest absolute Gasteiger partial charge is 0.493 e. The van der Waals surface area contributed by atoms with E-state index in [0.29, 0.717) is 48.7 Å². The fourth-order valence-corrected chi connectivity index (χ4v) is 4.00. The van der Waals surface area contributed by atoms with E-state index in [1.54, 1.807) is 25.2 Å². The van der Waals surface area contributed by atoms with Crippen LogP contribution in [-0.2, 0) is 4.79 Å². The Labute approximate surface area is 180 Å². The first-order valence-electron chi connectivity index (χ1n) is 10.2. The molecule has 0 aliphatic carbocycles. The lowest BCUT2D eigenvalue weighted by Crippen LogP contribution is -2.40. The molecule has 1 fully saturated rings. The van der Waals surface area contributed by atoms with E-state index in [2.05, 4.69) is 0 Å². The Bertz CT molecular complexity index is 1140. The Morgan fingerprint density at radius 2 is 1.71 bits per heavy atom. The van der Waals surface area contributed by atoms with Gasteiger partial charge in [0.05, 0.1) is 36.9 Å². The number of nitrogens with zero attached hydrogens (tertiary/aromatic N) is 2. The van der Waals surface area contributed by atoms with Gasteiger partial charge < -0.3 is 19.5 Å². The summed E-state index contributed by atoms with van der Waals surface area (Å²) in [4.78, 5) is 31.1. The van der Waals surface area contributed by atoms with Crippen LogP contribution >= 0.6 is 0 Å². The summed E-state index contributed by atoms with van der Waals surface area (Å²) < 4.78 is 10.7. The molecule has 1 saturated heterocycles. The van der Waals surface area contributed by atoms with Gasteiger partial charge in [0.15, 0.2) is 11.5 Å². The number of fused-ring (bicyclic) bond motifs is 1. The third-order valence-electron chi connectivity index (χ3n) is 5.76. The Balaban J connectivity index is 1.74. The van der Waals surface area contributed by atoms with E-state index in [9.17, 15) is 14.7 Å². The van der Waals surface area contributed by atoms with Crippen molar-refractivity contribution >= 4 is 22.8 Å². The quantitative estimate of drug-likeness (QED) is 0.674. The van der Waals surface area contributed by atoms with Crippen molar-refractivity contribution < 1.29 is 24.2 Å². The number of rotatable bonds is 5. The van der Waals surface area contributed by atoms with Crippen LogP contribution < -0.4 is 9.47 Å². The van der Waals surface area contributed by atoms with Crippen molar-refractivity contribution in [3.05, 3.63) is 54.1 Å². The van der Waals surface area contributed by atoms with Crippen LogP contribution in [0.15, 0.2) is 48.5 Å². The molecule has 0 saturated carbocycles.